The molecular weight excluding hydrogens is 400 g/mol. The van der Waals surface area contributed by atoms with Gasteiger partial charge in [0.05, 0.1) is 6.61 Å². The van der Waals surface area contributed by atoms with Crippen molar-refractivity contribution in [1.82, 2.24) is 29.9 Å². The van der Waals surface area contributed by atoms with Crippen molar-refractivity contribution in [1.29, 1.82) is 0 Å². The fourth-order valence-corrected chi connectivity index (χ4v) is 4.17. The van der Waals surface area contributed by atoms with Gasteiger partial charge in [0.2, 0.25) is 17.0 Å². The average molecular weight is 429 g/mol. The number of ether oxygens (including phenoxy) is 1. The monoisotopic (exact) mass is 428 g/mol. The average Bonchev–Trinajstić information content (AvgIpc) is 3.39. The van der Waals surface area contributed by atoms with E-state index in [9.17, 15) is 0 Å². The lowest BCUT2D eigenvalue weighted by atomic mass is 10.1. The van der Waals surface area contributed by atoms with Crippen molar-refractivity contribution in [2.45, 2.75) is 25.7 Å². The Bertz CT molecular complexity index is 946. The summed E-state index contributed by atoms with van der Waals surface area (Å²) in [7, 11) is 4.12. The van der Waals surface area contributed by atoms with E-state index in [0.717, 1.165) is 55.2 Å². The quantitative estimate of drug-likeness (QED) is 0.547. The number of hydrogen-bond acceptors (Lipinski definition) is 9. The van der Waals surface area contributed by atoms with Gasteiger partial charge in [-0.1, -0.05) is 11.3 Å². The third kappa shape index (κ3) is 4.88. The number of anilines is 2. The van der Waals surface area contributed by atoms with E-state index >= 15 is 0 Å². The Morgan fingerprint density at radius 3 is 2.60 bits per heavy atom. The van der Waals surface area contributed by atoms with Crippen LogP contribution in [0.4, 0.5) is 11.9 Å². The Morgan fingerprint density at radius 2 is 1.87 bits per heavy atom. The summed E-state index contributed by atoms with van der Waals surface area (Å²) in [4.78, 5) is 8.75. The number of piperidine rings is 1. The molecule has 30 heavy (non-hydrogen) atoms. The largest absolute Gasteiger partial charge is 0.494 e. The first kappa shape index (κ1) is 20.5. The first-order valence-corrected chi connectivity index (χ1v) is 11.1. The van der Waals surface area contributed by atoms with Gasteiger partial charge in [0, 0.05) is 25.2 Å². The van der Waals surface area contributed by atoms with Crippen molar-refractivity contribution in [2.24, 2.45) is 0 Å². The predicted molar refractivity (Wildman–Crippen MR) is 119 cm³/mol. The molecule has 0 spiro atoms. The second-order valence-electron chi connectivity index (χ2n) is 7.65. The van der Waals surface area contributed by atoms with E-state index in [1.807, 2.05) is 24.3 Å². The molecule has 160 valence electrons. The molecular formula is C20H28N8OS. The van der Waals surface area contributed by atoms with Crippen molar-refractivity contribution in [3.8, 4) is 21.5 Å². The zero-order valence-corrected chi connectivity index (χ0v) is 18.3. The zero-order valence-electron chi connectivity index (χ0n) is 17.5. The standard InChI is InChI=1S/C20H28N8OS/c1-26(2)11-6-14-29-16-9-7-15(8-10-16)17-23-24-20(30-17)28-18(21)22-19(25-28)27-12-4-3-5-13-27/h7-10H,3-6,11-14H2,1-2H3,(H2,21,22,25). The molecule has 0 bridgehead atoms. The van der Waals surface area contributed by atoms with Gasteiger partial charge in [0.25, 0.3) is 0 Å². The van der Waals surface area contributed by atoms with Gasteiger partial charge in [-0.25, -0.2) is 0 Å². The van der Waals surface area contributed by atoms with Gasteiger partial charge in [0.1, 0.15) is 10.8 Å². The maximum absolute atomic E-state index is 6.11. The smallest absolute Gasteiger partial charge is 0.247 e. The molecule has 1 saturated heterocycles. The molecule has 0 aliphatic carbocycles. The highest BCUT2D eigenvalue weighted by Gasteiger charge is 2.19. The fourth-order valence-electron chi connectivity index (χ4n) is 3.36. The van der Waals surface area contributed by atoms with Crippen LogP contribution in [0.2, 0.25) is 0 Å². The first-order valence-electron chi connectivity index (χ1n) is 10.3. The highest BCUT2D eigenvalue weighted by atomic mass is 32.1. The molecule has 4 rings (SSSR count). The van der Waals surface area contributed by atoms with Crippen LogP contribution in [-0.2, 0) is 0 Å². The molecule has 9 nitrogen and oxygen atoms in total. The minimum absolute atomic E-state index is 0.333. The van der Waals surface area contributed by atoms with Crippen LogP contribution >= 0.6 is 11.3 Å². The molecule has 10 heteroatoms. The van der Waals surface area contributed by atoms with Gasteiger partial charge in [-0.05, 0) is 64.0 Å². The van der Waals surface area contributed by atoms with Gasteiger partial charge in [-0.15, -0.1) is 15.3 Å². The normalized spacial score (nSPS) is 14.4. The molecule has 0 atom stereocenters. The van der Waals surface area contributed by atoms with E-state index < -0.39 is 0 Å². The Labute approximate surface area is 180 Å². The van der Waals surface area contributed by atoms with Crippen LogP contribution < -0.4 is 15.4 Å². The fraction of sp³-hybridized carbons (Fsp3) is 0.500. The molecule has 0 saturated carbocycles. The molecule has 0 radical (unpaired) electrons. The molecule has 1 fully saturated rings. The number of benzene rings is 1. The molecule has 3 aromatic rings. The number of aromatic nitrogens is 5. The van der Waals surface area contributed by atoms with Crippen molar-refractivity contribution in [2.75, 3.05) is 51.0 Å². The number of hydrogen-bond donors (Lipinski definition) is 1. The third-order valence-electron chi connectivity index (χ3n) is 4.98. The molecule has 0 amide bonds. The summed E-state index contributed by atoms with van der Waals surface area (Å²) in [6.45, 7) is 3.64. The van der Waals surface area contributed by atoms with E-state index in [2.05, 4.69) is 44.2 Å². The Balaban J connectivity index is 1.42. The Kier molecular flexibility index (Phi) is 6.44. The summed E-state index contributed by atoms with van der Waals surface area (Å²) in [5, 5.41) is 14.6. The Morgan fingerprint density at radius 1 is 1.10 bits per heavy atom. The number of rotatable bonds is 8. The molecule has 1 aliphatic heterocycles. The van der Waals surface area contributed by atoms with Crippen LogP contribution in [0, 0.1) is 0 Å². The lowest BCUT2D eigenvalue weighted by Crippen LogP contribution is -2.30. The van der Waals surface area contributed by atoms with Crippen LogP contribution in [-0.4, -0.2) is 70.2 Å². The van der Waals surface area contributed by atoms with E-state index in [-0.39, 0.29) is 0 Å². The first-order chi connectivity index (χ1) is 14.6. The number of nitrogen functional groups attached to an aromatic ring is 1. The van der Waals surface area contributed by atoms with Gasteiger partial charge >= 0.3 is 0 Å². The van der Waals surface area contributed by atoms with E-state index in [0.29, 0.717) is 23.6 Å². The van der Waals surface area contributed by atoms with E-state index in [1.165, 1.54) is 17.8 Å². The van der Waals surface area contributed by atoms with Crippen molar-refractivity contribution >= 4 is 23.2 Å². The molecule has 2 aromatic heterocycles. The molecule has 1 aliphatic rings. The van der Waals surface area contributed by atoms with Crippen LogP contribution in [0.3, 0.4) is 0 Å². The summed E-state index contributed by atoms with van der Waals surface area (Å²) >= 11 is 1.44. The Hall–Kier alpha value is -2.72. The van der Waals surface area contributed by atoms with E-state index in [4.69, 9.17) is 10.5 Å². The lowest BCUT2D eigenvalue weighted by Gasteiger charge is -2.24. The molecule has 1 aromatic carbocycles. The van der Waals surface area contributed by atoms with Crippen LogP contribution in [0.25, 0.3) is 15.7 Å². The number of nitrogens with two attached hydrogens (primary N) is 1. The SMILES string of the molecule is CN(C)CCCOc1ccc(-c2nnc(-n3nc(N4CCCCC4)nc3N)s2)cc1. The van der Waals surface area contributed by atoms with Crippen LogP contribution in [0.5, 0.6) is 5.75 Å². The summed E-state index contributed by atoms with van der Waals surface area (Å²) in [6, 6.07) is 7.92. The summed E-state index contributed by atoms with van der Waals surface area (Å²) in [5.74, 6) is 1.86. The second-order valence-corrected chi connectivity index (χ2v) is 8.60. The third-order valence-corrected chi connectivity index (χ3v) is 5.92. The summed E-state index contributed by atoms with van der Waals surface area (Å²) < 4.78 is 7.37. The van der Waals surface area contributed by atoms with Crippen molar-refractivity contribution in [3.63, 3.8) is 0 Å². The minimum Gasteiger partial charge on any atom is -0.494 e. The van der Waals surface area contributed by atoms with Gasteiger partial charge in [-0.2, -0.15) is 9.67 Å². The molecule has 2 N–H and O–H groups in total. The van der Waals surface area contributed by atoms with Crippen LogP contribution in [0.1, 0.15) is 25.7 Å². The van der Waals surface area contributed by atoms with Crippen LogP contribution in [0.15, 0.2) is 24.3 Å². The zero-order chi connectivity index (χ0) is 20.9. The highest BCUT2D eigenvalue weighted by Crippen LogP contribution is 2.28. The van der Waals surface area contributed by atoms with Crippen molar-refractivity contribution < 1.29 is 4.74 Å². The summed E-state index contributed by atoms with van der Waals surface area (Å²) in [5.41, 5.74) is 7.09. The van der Waals surface area contributed by atoms with Gasteiger partial charge in [-0.3, -0.25) is 0 Å². The molecule has 0 unspecified atom stereocenters. The highest BCUT2D eigenvalue weighted by molar-refractivity contribution is 7.17. The second kappa shape index (κ2) is 9.40. The summed E-state index contributed by atoms with van der Waals surface area (Å²) in [6.07, 6.45) is 4.57. The number of nitrogens with zero attached hydrogens (tertiary/aromatic N) is 7. The lowest BCUT2D eigenvalue weighted by molar-refractivity contribution is 0.281. The van der Waals surface area contributed by atoms with Gasteiger partial charge in [0.15, 0.2) is 0 Å². The molecule has 3 heterocycles. The predicted octanol–water partition coefficient (Wildman–Crippen LogP) is 2.69. The van der Waals surface area contributed by atoms with E-state index in [1.54, 1.807) is 4.68 Å². The maximum atomic E-state index is 6.11. The maximum Gasteiger partial charge on any atom is 0.247 e. The minimum atomic E-state index is 0.333. The van der Waals surface area contributed by atoms with Gasteiger partial charge < -0.3 is 20.3 Å². The van der Waals surface area contributed by atoms with Crippen molar-refractivity contribution in [3.05, 3.63) is 24.3 Å². The topological polar surface area (TPSA) is 98.2 Å².